The van der Waals surface area contributed by atoms with Crippen LogP contribution in [0.25, 0.3) is 0 Å². The van der Waals surface area contributed by atoms with E-state index < -0.39 is 0 Å². The number of rotatable bonds is 5. The molecule has 15 heavy (non-hydrogen) atoms. The van der Waals surface area contributed by atoms with E-state index in [-0.39, 0.29) is 5.84 Å². The molecular formula is C10H12BrClN2O. The van der Waals surface area contributed by atoms with Crippen molar-refractivity contribution in [1.82, 2.24) is 0 Å². The minimum Gasteiger partial charge on any atom is -0.492 e. The first kappa shape index (κ1) is 12.3. The lowest BCUT2D eigenvalue weighted by atomic mass is 10.3. The molecule has 0 spiro atoms. The van der Waals surface area contributed by atoms with E-state index in [1.165, 1.54) is 0 Å². The average Bonchev–Trinajstić information content (AvgIpc) is 2.14. The smallest absolute Gasteiger partial charge is 0.137 e. The molecule has 0 aliphatic rings. The quantitative estimate of drug-likeness (QED) is 0.497. The highest BCUT2D eigenvalue weighted by atomic mass is 79.9. The molecule has 0 bridgehead atoms. The molecule has 0 fully saturated rings. The lowest BCUT2D eigenvalue weighted by Crippen LogP contribution is -2.11. The molecule has 0 saturated carbocycles. The van der Waals surface area contributed by atoms with Gasteiger partial charge in [0, 0.05) is 10.9 Å². The van der Waals surface area contributed by atoms with Gasteiger partial charge in [0.05, 0.1) is 17.5 Å². The second-order valence-corrected chi connectivity index (χ2v) is 4.37. The molecular weight excluding hydrogens is 279 g/mol. The van der Waals surface area contributed by atoms with Crippen molar-refractivity contribution in [3.05, 3.63) is 27.7 Å². The number of amidine groups is 1. The van der Waals surface area contributed by atoms with Gasteiger partial charge >= 0.3 is 0 Å². The molecule has 5 heteroatoms. The van der Waals surface area contributed by atoms with Crippen molar-refractivity contribution in [3.63, 3.8) is 0 Å². The van der Waals surface area contributed by atoms with Crippen LogP contribution >= 0.6 is 27.5 Å². The molecule has 0 atom stereocenters. The Morgan fingerprint density at radius 1 is 1.53 bits per heavy atom. The lowest BCUT2D eigenvalue weighted by Gasteiger charge is -2.07. The minimum absolute atomic E-state index is 0.181. The first-order valence-electron chi connectivity index (χ1n) is 4.50. The Morgan fingerprint density at radius 3 is 2.87 bits per heavy atom. The van der Waals surface area contributed by atoms with E-state index in [1.54, 1.807) is 12.1 Å². The fourth-order valence-corrected chi connectivity index (χ4v) is 1.76. The standard InChI is InChI=1S/C10H12BrClN2O/c11-7-3-4-9(8(12)6-7)15-5-1-2-10(13)14/h3-4,6H,1-2,5H2,(H3,13,14). The van der Waals surface area contributed by atoms with Crippen molar-refractivity contribution in [2.24, 2.45) is 5.73 Å². The van der Waals surface area contributed by atoms with E-state index in [1.807, 2.05) is 6.07 Å². The Bertz CT molecular complexity index is 357. The van der Waals surface area contributed by atoms with Crippen molar-refractivity contribution < 1.29 is 4.74 Å². The van der Waals surface area contributed by atoms with Crippen LogP contribution in [0.1, 0.15) is 12.8 Å². The molecule has 3 N–H and O–H groups in total. The predicted molar refractivity (Wildman–Crippen MR) is 65.8 cm³/mol. The zero-order valence-corrected chi connectivity index (χ0v) is 10.4. The van der Waals surface area contributed by atoms with Crippen LogP contribution in [-0.2, 0) is 0 Å². The number of benzene rings is 1. The number of hydrogen-bond acceptors (Lipinski definition) is 2. The van der Waals surface area contributed by atoms with Crippen molar-refractivity contribution in [1.29, 1.82) is 5.41 Å². The molecule has 0 aromatic heterocycles. The zero-order chi connectivity index (χ0) is 11.3. The Hall–Kier alpha value is -0.740. The molecule has 0 saturated heterocycles. The van der Waals surface area contributed by atoms with Gasteiger partial charge in [0.25, 0.3) is 0 Å². The van der Waals surface area contributed by atoms with E-state index in [9.17, 15) is 0 Å². The van der Waals surface area contributed by atoms with E-state index in [2.05, 4.69) is 15.9 Å². The summed E-state index contributed by atoms with van der Waals surface area (Å²) in [6.45, 7) is 0.515. The van der Waals surface area contributed by atoms with E-state index in [0.29, 0.717) is 23.8 Å². The zero-order valence-electron chi connectivity index (χ0n) is 8.09. The molecule has 0 aliphatic carbocycles. The Balaban J connectivity index is 2.40. The van der Waals surface area contributed by atoms with Crippen molar-refractivity contribution in [2.45, 2.75) is 12.8 Å². The summed E-state index contributed by atoms with van der Waals surface area (Å²) in [5, 5.41) is 7.61. The Kier molecular flexibility index (Phi) is 4.91. The minimum atomic E-state index is 0.181. The first-order chi connectivity index (χ1) is 7.09. The molecule has 1 aromatic carbocycles. The second kappa shape index (κ2) is 5.98. The molecule has 0 radical (unpaired) electrons. The van der Waals surface area contributed by atoms with Crippen molar-refractivity contribution >= 4 is 33.4 Å². The van der Waals surface area contributed by atoms with Gasteiger partial charge in [-0.05, 0) is 24.6 Å². The lowest BCUT2D eigenvalue weighted by molar-refractivity contribution is 0.313. The van der Waals surface area contributed by atoms with Crippen molar-refractivity contribution in [2.75, 3.05) is 6.61 Å². The van der Waals surface area contributed by atoms with Gasteiger partial charge < -0.3 is 10.5 Å². The summed E-state index contributed by atoms with van der Waals surface area (Å²) in [7, 11) is 0. The number of nitrogens with one attached hydrogen (secondary N) is 1. The van der Waals surface area contributed by atoms with Crippen LogP contribution in [0.2, 0.25) is 5.02 Å². The average molecular weight is 292 g/mol. The Labute approximate surface area is 102 Å². The summed E-state index contributed by atoms with van der Waals surface area (Å²) in [5.74, 6) is 0.837. The van der Waals surface area contributed by atoms with Crippen LogP contribution < -0.4 is 10.5 Å². The summed E-state index contributed by atoms with van der Waals surface area (Å²) in [6.07, 6.45) is 1.27. The van der Waals surface area contributed by atoms with Gasteiger partial charge in [-0.25, -0.2) is 0 Å². The van der Waals surface area contributed by atoms with Crippen molar-refractivity contribution in [3.8, 4) is 5.75 Å². The van der Waals surface area contributed by atoms with Crippen LogP contribution in [0.3, 0.4) is 0 Å². The van der Waals surface area contributed by atoms with Gasteiger partial charge in [0.1, 0.15) is 5.75 Å². The first-order valence-corrected chi connectivity index (χ1v) is 5.67. The highest BCUT2D eigenvalue weighted by Gasteiger charge is 2.01. The van der Waals surface area contributed by atoms with E-state index >= 15 is 0 Å². The van der Waals surface area contributed by atoms with Gasteiger partial charge in [-0.3, -0.25) is 5.41 Å². The van der Waals surface area contributed by atoms with E-state index in [4.69, 9.17) is 27.5 Å². The maximum absolute atomic E-state index is 7.04. The largest absolute Gasteiger partial charge is 0.492 e. The van der Waals surface area contributed by atoms with Crippen LogP contribution in [-0.4, -0.2) is 12.4 Å². The van der Waals surface area contributed by atoms with E-state index in [0.717, 1.165) is 10.9 Å². The third-order valence-corrected chi connectivity index (χ3v) is 2.53. The van der Waals surface area contributed by atoms with Crippen LogP contribution in [0, 0.1) is 5.41 Å². The molecule has 0 amide bonds. The highest BCUT2D eigenvalue weighted by Crippen LogP contribution is 2.27. The molecule has 3 nitrogen and oxygen atoms in total. The maximum atomic E-state index is 7.04. The fraction of sp³-hybridized carbons (Fsp3) is 0.300. The molecule has 0 unspecified atom stereocenters. The molecule has 1 aromatic rings. The SMILES string of the molecule is N=C(N)CCCOc1ccc(Br)cc1Cl. The number of nitrogens with two attached hydrogens (primary N) is 1. The topological polar surface area (TPSA) is 59.1 Å². The molecule has 82 valence electrons. The third kappa shape index (κ3) is 4.53. The van der Waals surface area contributed by atoms with Crippen LogP contribution in [0.4, 0.5) is 0 Å². The van der Waals surface area contributed by atoms with Crippen LogP contribution in [0.15, 0.2) is 22.7 Å². The summed E-state index contributed by atoms with van der Waals surface area (Å²) in [5.41, 5.74) is 5.22. The fourth-order valence-electron chi connectivity index (χ4n) is 1.04. The second-order valence-electron chi connectivity index (χ2n) is 3.05. The Morgan fingerprint density at radius 2 is 2.27 bits per heavy atom. The molecule has 0 aliphatic heterocycles. The number of ether oxygens (including phenoxy) is 1. The van der Waals surface area contributed by atoms with Gasteiger partial charge in [0.15, 0.2) is 0 Å². The maximum Gasteiger partial charge on any atom is 0.137 e. The third-order valence-electron chi connectivity index (χ3n) is 1.74. The summed E-state index contributed by atoms with van der Waals surface area (Å²) in [6, 6.07) is 5.45. The van der Waals surface area contributed by atoms with Gasteiger partial charge in [0.2, 0.25) is 0 Å². The highest BCUT2D eigenvalue weighted by molar-refractivity contribution is 9.10. The summed E-state index contributed by atoms with van der Waals surface area (Å²) < 4.78 is 6.36. The van der Waals surface area contributed by atoms with Crippen LogP contribution in [0.5, 0.6) is 5.75 Å². The van der Waals surface area contributed by atoms with Gasteiger partial charge in [-0.2, -0.15) is 0 Å². The predicted octanol–water partition coefficient (Wildman–Crippen LogP) is 3.20. The number of hydrogen-bond donors (Lipinski definition) is 2. The molecule has 0 heterocycles. The molecule has 1 rings (SSSR count). The van der Waals surface area contributed by atoms with Gasteiger partial charge in [-0.15, -0.1) is 0 Å². The van der Waals surface area contributed by atoms with Gasteiger partial charge in [-0.1, -0.05) is 27.5 Å². The normalized spacial score (nSPS) is 10.0. The monoisotopic (exact) mass is 290 g/mol. The summed E-state index contributed by atoms with van der Waals surface area (Å²) >= 11 is 9.26. The number of halogens is 2. The summed E-state index contributed by atoms with van der Waals surface area (Å²) in [4.78, 5) is 0.